The van der Waals surface area contributed by atoms with Crippen LogP contribution in [0.25, 0.3) is 0 Å². The highest BCUT2D eigenvalue weighted by Crippen LogP contribution is 2.40. The van der Waals surface area contributed by atoms with Crippen molar-refractivity contribution >= 4 is 17.8 Å². The molecule has 5 aliphatic heterocycles. The summed E-state index contributed by atoms with van der Waals surface area (Å²) < 4.78 is 51.8. The van der Waals surface area contributed by atoms with E-state index in [-0.39, 0.29) is 0 Å². The van der Waals surface area contributed by atoms with Crippen molar-refractivity contribution in [2.75, 3.05) is 26.4 Å². The van der Waals surface area contributed by atoms with Crippen molar-refractivity contribution in [1.82, 2.24) is 10.6 Å². The number of carbonyl (C=O) groups is 3. The Morgan fingerprint density at radius 1 is 0.612 bits per heavy atom. The van der Waals surface area contributed by atoms with Gasteiger partial charge in [-0.05, 0) is 6.92 Å². The van der Waals surface area contributed by atoms with Crippen molar-refractivity contribution in [2.45, 2.75) is 186 Å². The van der Waals surface area contributed by atoms with Crippen LogP contribution in [0.4, 0.5) is 0 Å². The molecule has 2 amide bonds. The molecule has 0 aliphatic carbocycles. The van der Waals surface area contributed by atoms with E-state index >= 15 is 0 Å². The normalized spacial score (nSPS) is 47.1. The van der Waals surface area contributed by atoms with Gasteiger partial charge in [0.2, 0.25) is 11.8 Å². The zero-order chi connectivity index (χ0) is 50.0. The number of nitrogens with one attached hydrogen (secondary N) is 2. The van der Waals surface area contributed by atoms with E-state index in [9.17, 15) is 96.1 Å². The second-order valence-electron chi connectivity index (χ2n) is 16.8. The number of hydrogen-bond donors (Lipinski definition) is 18. The molecule has 0 bridgehead atoms. The van der Waals surface area contributed by atoms with Crippen molar-refractivity contribution in [3.05, 3.63) is 0 Å². The van der Waals surface area contributed by atoms with Crippen LogP contribution in [0, 0.1) is 0 Å². The van der Waals surface area contributed by atoms with Gasteiger partial charge >= 0.3 is 5.97 Å². The van der Waals surface area contributed by atoms with Gasteiger partial charge in [0.15, 0.2) is 25.2 Å². The predicted octanol–water partition coefficient (Wildman–Crippen LogP) is -11.4. The van der Waals surface area contributed by atoms with Gasteiger partial charge < -0.3 is 135 Å². The van der Waals surface area contributed by atoms with Gasteiger partial charge in [0.1, 0.15) is 110 Å². The van der Waals surface area contributed by atoms with Crippen molar-refractivity contribution in [3.8, 4) is 0 Å². The first-order valence-corrected chi connectivity index (χ1v) is 21.1. The number of aliphatic carboxylic acids is 1. The van der Waals surface area contributed by atoms with Crippen LogP contribution in [0.15, 0.2) is 0 Å². The number of aliphatic hydroxyl groups is 15. The third kappa shape index (κ3) is 11.8. The fourth-order valence-corrected chi connectivity index (χ4v) is 8.46. The maximum Gasteiger partial charge on any atom is 0.364 e. The van der Waals surface area contributed by atoms with Crippen LogP contribution in [0.1, 0.15) is 27.2 Å². The lowest BCUT2D eigenvalue weighted by Crippen LogP contribution is -2.72. The fraction of sp³-hybridized carbons (Fsp3) is 0.919. The molecule has 0 saturated carbocycles. The molecule has 67 heavy (non-hydrogen) atoms. The molecule has 0 spiro atoms. The number of amides is 2. The van der Waals surface area contributed by atoms with Gasteiger partial charge in [-0.15, -0.1) is 0 Å². The Balaban J connectivity index is 1.54. The minimum absolute atomic E-state index is 0.817. The lowest BCUT2D eigenvalue weighted by atomic mass is 9.88. The minimum atomic E-state index is -3.20. The number of ether oxygens (including phenoxy) is 9. The van der Waals surface area contributed by atoms with Crippen LogP contribution >= 0.6 is 0 Å². The Labute approximate surface area is 379 Å². The second-order valence-corrected chi connectivity index (χ2v) is 16.8. The third-order valence-electron chi connectivity index (χ3n) is 12.1. The molecule has 0 aromatic carbocycles. The van der Waals surface area contributed by atoms with Gasteiger partial charge in [-0.3, -0.25) is 9.59 Å². The van der Waals surface area contributed by atoms with Crippen LogP contribution in [0.3, 0.4) is 0 Å². The fourth-order valence-electron chi connectivity index (χ4n) is 8.46. The number of hydrogen-bond acceptors (Lipinski definition) is 27. The summed E-state index contributed by atoms with van der Waals surface area (Å²) in [7, 11) is 0. The maximum atomic E-state index is 13.0. The zero-order valence-corrected chi connectivity index (χ0v) is 36.0. The van der Waals surface area contributed by atoms with E-state index in [1.807, 2.05) is 0 Å². The van der Waals surface area contributed by atoms with E-state index in [4.69, 9.17) is 42.6 Å². The highest BCUT2D eigenvalue weighted by molar-refractivity contribution is 5.76. The van der Waals surface area contributed by atoms with E-state index in [0.29, 0.717) is 0 Å². The van der Waals surface area contributed by atoms with E-state index < -0.39 is 210 Å². The van der Waals surface area contributed by atoms with Crippen LogP contribution < -0.4 is 10.6 Å². The molecule has 5 heterocycles. The Morgan fingerprint density at radius 3 is 1.72 bits per heavy atom. The lowest BCUT2D eigenvalue weighted by Gasteiger charge is -2.52. The van der Waals surface area contributed by atoms with Crippen molar-refractivity contribution in [2.24, 2.45) is 0 Å². The van der Waals surface area contributed by atoms with Crippen molar-refractivity contribution in [3.63, 3.8) is 0 Å². The highest BCUT2D eigenvalue weighted by atomic mass is 16.8. The number of carboxylic acids is 1. The van der Waals surface area contributed by atoms with Crippen LogP contribution in [0.5, 0.6) is 0 Å². The number of aliphatic hydroxyl groups excluding tert-OH is 15. The molecule has 5 rings (SSSR count). The Morgan fingerprint density at radius 2 is 1.15 bits per heavy atom. The summed E-state index contributed by atoms with van der Waals surface area (Å²) in [6.07, 6.45) is -46.6. The SMILES string of the molecule is CC(=O)N[C@H]1[C@H](O[C@H]2[C@@H](O)[C@H](O)[C@@H](CO)O[C@H]2O)O[C@H](CO)[C@@H](O[C@@H]2O[C@H](CO)[C@H](O)[C@H](O[C@]3(C(=O)O)C[C@H](O)[C@@H](NC(C)=O)[C@H]([C@H](O)[C@H](O)CO)O3)[C@H]2O)[C@@H]1O[C@@H]1O[C@@H](C)[C@@H](O)[C@@H](O)[C@@H]1O. The van der Waals surface area contributed by atoms with E-state index in [2.05, 4.69) is 10.6 Å². The molecule has 18 N–H and O–H groups in total. The highest BCUT2D eigenvalue weighted by Gasteiger charge is 2.61. The number of carbonyl (C=O) groups excluding carboxylic acids is 2. The molecule has 30 heteroatoms. The Kier molecular flexibility index (Phi) is 19.1. The topological polar surface area (TPSA) is 482 Å². The molecule has 5 aliphatic rings. The molecular weight excluding hydrogens is 920 g/mol. The predicted molar refractivity (Wildman–Crippen MR) is 206 cm³/mol. The van der Waals surface area contributed by atoms with Gasteiger partial charge in [-0.2, -0.15) is 0 Å². The second kappa shape index (κ2) is 23.1. The van der Waals surface area contributed by atoms with Crippen LogP contribution in [0.2, 0.25) is 0 Å². The summed E-state index contributed by atoms with van der Waals surface area (Å²) >= 11 is 0. The van der Waals surface area contributed by atoms with Crippen molar-refractivity contribution < 1.29 is 139 Å². The van der Waals surface area contributed by atoms with Gasteiger partial charge in [0, 0.05) is 20.3 Å². The van der Waals surface area contributed by atoms with E-state index in [1.165, 1.54) is 6.92 Å². The van der Waals surface area contributed by atoms with E-state index in [1.54, 1.807) is 0 Å². The van der Waals surface area contributed by atoms with Gasteiger partial charge in [0.05, 0.1) is 44.7 Å². The average molecular weight is 983 g/mol. The summed E-state index contributed by atoms with van der Waals surface area (Å²) in [5, 5.41) is 175. The van der Waals surface area contributed by atoms with E-state index in [0.717, 1.165) is 13.8 Å². The van der Waals surface area contributed by atoms with Gasteiger partial charge in [-0.1, -0.05) is 0 Å². The maximum absolute atomic E-state index is 13.0. The quantitative estimate of drug-likeness (QED) is 0.0643. The smallest absolute Gasteiger partial charge is 0.364 e. The van der Waals surface area contributed by atoms with Crippen LogP contribution in [-0.2, 0) is 57.0 Å². The zero-order valence-electron chi connectivity index (χ0n) is 36.0. The molecule has 0 aromatic rings. The summed E-state index contributed by atoms with van der Waals surface area (Å²) in [6, 6.07) is -3.47. The summed E-state index contributed by atoms with van der Waals surface area (Å²) in [5.74, 6) is -6.97. The Hall–Kier alpha value is -2.55. The molecule has 0 aromatic heterocycles. The standard InChI is InChI=1S/C37H62N2O28/c1-9-19(48)23(52)25(54)34(59-9)64-29-18(39-11(3)45)33(65-31-24(53)21(50)14(6-41)60-32(31)56)62-16(8-43)27(29)63-35-26(55)30(22(51)15(7-42)61-35)67-37(36(57)58)4-12(46)17(38-10(2)44)28(66-37)20(49)13(47)5-40/h9,12-35,40-43,46-56H,4-8H2,1-3H3,(H,38,44)(H,39,45)(H,57,58)/t9-,12-,13+,14+,15+,16+,17+,18+,19+,20+,21+,22-,23+,24-,25-,26+,27+,28+,29+,30-,31-,32+,33-,34-,35-,37-/m0/s1. The van der Waals surface area contributed by atoms with Gasteiger partial charge in [-0.25, -0.2) is 4.79 Å². The molecule has 388 valence electrons. The Bertz CT molecular complexity index is 1640. The molecule has 5 saturated heterocycles. The minimum Gasteiger partial charge on any atom is -0.477 e. The largest absolute Gasteiger partial charge is 0.477 e. The number of rotatable bonds is 17. The molecule has 0 radical (unpaired) electrons. The molecule has 5 fully saturated rings. The first-order valence-electron chi connectivity index (χ1n) is 21.1. The summed E-state index contributed by atoms with van der Waals surface area (Å²) in [6.45, 7) is -0.973. The monoisotopic (exact) mass is 982 g/mol. The van der Waals surface area contributed by atoms with Crippen molar-refractivity contribution in [1.29, 1.82) is 0 Å². The molecule has 26 atom stereocenters. The van der Waals surface area contributed by atoms with Gasteiger partial charge in [0.25, 0.3) is 5.79 Å². The molecular formula is C37H62N2O28. The first-order chi connectivity index (χ1) is 31.4. The third-order valence-corrected chi connectivity index (χ3v) is 12.1. The first kappa shape index (κ1) is 55.4. The van der Waals surface area contributed by atoms with Crippen LogP contribution in [-0.4, -0.2) is 285 Å². The summed E-state index contributed by atoms with van der Waals surface area (Å²) in [4.78, 5) is 37.9. The summed E-state index contributed by atoms with van der Waals surface area (Å²) in [5.41, 5.74) is 0. The average Bonchev–Trinajstić information content (AvgIpc) is 3.28. The molecule has 0 unspecified atom stereocenters. The lowest BCUT2D eigenvalue weighted by molar-refractivity contribution is -0.397. The molecule has 30 nitrogen and oxygen atoms in total. The number of carboxylic acid groups (broad SMARTS) is 1.